The lowest BCUT2D eigenvalue weighted by molar-refractivity contribution is 0.0920. The molecule has 110 valence electrons. The lowest BCUT2D eigenvalue weighted by Gasteiger charge is -2.14. The van der Waals surface area contributed by atoms with Gasteiger partial charge in [0.15, 0.2) is 12.4 Å². The molecule has 0 saturated carbocycles. The number of ketones is 1. The molecule has 0 bridgehead atoms. The fourth-order valence-electron chi connectivity index (χ4n) is 2.07. The van der Waals surface area contributed by atoms with Crippen molar-refractivity contribution < 1.29 is 9.53 Å². The van der Waals surface area contributed by atoms with Crippen LogP contribution in [0.15, 0.2) is 46.9 Å². The number of halogens is 1. The van der Waals surface area contributed by atoms with Gasteiger partial charge in [-0.25, -0.2) is 0 Å². The molecule has 0 atom stereocenters. The first-order valence-electron chi connectivity index (χ1n) is 6.99. The number of aryl methyl sites for hydroxylation is 1. The smallest absolute Gasteiger partial charge is 0.200 e. The molecule has 0 aromatic heterocycles. The molecule has 0 fully saturated rings. The molecule has 0 unspecified atom stereocenters. The third-order valence-corrected chi connectivity index (χ3v) is 3.82. The predicted molar refractivity (Wildman–Crippen MR) is 89.2 cm³/mol. The van der Waals surface area contributed by atoms with Crippen molar-refractivity contribution in [1.82, 2.24) is 0 Å². The Kier molecular flexibility index (Phi) is 5.18. The van der Waals surface area contributed by atoms with Gasteiger partial charge in [-0.15, -0.1) is 0 Å². The minimum absolute atomic E-state index is 0.00683. The van der Waals surface area contributed by atoms with Crippen LogP contribution >= 0.6 is 15.9 Å². The number of hydrogen-bond acceptors (Lipinski definition) is 2. The summed E-state index contributed by atoms with van der Waals surface area (Å²) in [4.78, 5) is 12.1. The molecule has 0 aliphatic carbocycles. The Balaban J connectivity index is 2.09. The fraction of sp³-hybridized carbons (Fsp3) is 0.278. The molecule has 0 aliphatic rings. The Hall–Kier alpha value is -1.61. The number of hydrogen-bond donors (Lipinski definition) is 0. The van der Waals surface area contributed by atoms with Gasteiger partial charge < -0.3 is 4.74 Å². The summed E-state index contributed by atoms with van der Waals surface area (Å²) in [6.45, 7) is 6.28. The highest BCUT2D eigenvalue weighted by Gasteiger charge is 2.11. The zero-order valence-electron chi connectivity index (χ0n) is 12.5. The molecular formula is C18H19BrO2. The van der Waals surface area contributed by atoms with Crippen LogP contribution in [-0.4, -0.2) is 12.4 Å². The second kappa shape index (κ2) is 6.90. The van der Waals surface area contributed by atoms with E-state index in [1.165, 1.54) is 0 Å². The van der Waals surface area contributed by atoms with E-state index in [0.717, 1.165) is 21.3 Å². The van der Waals surface area contributed by atoms with Gasteiger partial charge in [0.1, 0.15) is 5.75 Å². The first-order chi connectivity index (χ1) is 9.97. The van der Waals surface area contributed by atoms with Crippen LogP contribution in [0.1, 0.15) is 41.3 Å². The summed E-state index contributed by atoms with van der Waals surface area (Å²) >= 11 is 3.47. The summed E-state index contributed by atoms with van der Waals surface area (Å²) in [5.41, 5.74) is 2.92. The average molecular weight is 347 g/mol. The van der Waals surface area contributed by atoms with Crippen molar-refractivity contribution in [2.24, 2.45) is 0 Å². The van der Waals surface area contributed by atoms with E-state index in [4.69, 9.17) is 4.74 Å². The van der Waals surface area contributed by atoms with Crippen LogP contribution < -0.4 is 4.74 Å². The third kappa shape index (κ3) is 4.18. The third-order valence-electron chi connectivity index (χ3n) is 3.33. The molecule has 0 radical (unpaired) electrons. The van der Waals surface area contributed by atoms with Crippen molar-refractivity contribution in [3.63, 3.8) is 0 Å². The van der Waals surface area contributed by atoms with Crippen LogP contribution in [0.25, 0.3) is 0 Å². The zero-order valence-corrected chi connectivity index (χ0v) is 14.1. The Labute approximate surface area is 134 Å². The number of carbonyl (C=O) groups excluding carboxylic acids is 1. The molecule has 0 amide bonds. The summed E-state index contributed by atoms with van der Waals surface area (Å²) in [6, 6.07) is 13.4. The van der Waals surface area contributed by atoms with Crippen molar-refractivity contribution in [2.45, 2.75) is 26.7 Å². The quantitative estimate of drug-likeness (QED) is 0.700. The monoisotopic (exact) mass is 346 g/mol. The second-order valence-corrected chi connectivity index (χ2v) is 6.33. The SMILES string of the molecule is Cc1ccc(C(=O)COc2ccc(Br)cc2C(C)C)cc1. The van der Waals surface area contributed by atoms with Crippen LogP contribution in [0, 0.1) is 6.92 Å². The second-order valence-electron chi connectivity index (χ2n) is 5.41. The first-order valence-corrected chi connectivity index (χ1v) is 7.79. The van der Waals surface area contributed by atoms with E-state index in [0.29, 0.717) is 11.5 Å². The number of Topliss-reactive ketones (excluding diaryl/α,β-unsaturated/α-hetero) is 1. The normalized spacial score (nSPS) is 10.7. The van der Waals surface area contributed by atoms with Gasteiger partial charge >= 0.3 is 0 Å². The summed E-state index contributed by atoms with van der Waals surface area (Å²) in [6.07, 6.45) is 0. The van der Waals surface area contributed by atoms with Crippen LogP contribution in [0.2, 0.25) is 0 Å². The van der Waals surface area contributed by atoms with Crippen molar-refractivity contribution in [1.29, 1.82) is 0 Å². The minimum Gasteiger partial charge on any atom is -0.485 e. The maximum Gasteiger partial charge on any atom is 0.200 e. The summed E-state index contributed by atoms with van der Waals surface area (Å²) in [5, 5.41) is 0. The Bertz CT molecular complexity index is 630. The largest absolute Gasteiger partial charge is 0.485 e. The molecule has 3 heteroatoms. The van der Waals surface area contributed by atoms with E-state index < -0.39 is 0 Å². The zero-order chi connectivity index (χ0) is 15.4. The molecule has 2 aromatic carbocycles. The van der Waals surface area contributed by atoms with E-state index in [1.807, 2.05) is 49.4 Å². The molecule has 0 saturated heterocycles. The lowest BCUT2D eigenvalue weighted by atomic mass is 10.0. The Morgan fingerprint density at radius 3 is 2.43 bits per heavy atom. The molecular weight excluding hydrogens is 328 g/mol. The summed E-state index contributed by atoms with van der Waals surface area (Å²) in [5.74, 6) is 1.10. The van der Waals surface area contributed by atoms with Crippen LogP contribution in [0.5, 0.6) is 5.75 Å². The van der Waals surface area contributed by atoms with Gasteiger partial charge in [0, 0.05) is 10.0 Å². The molecule has 0 aliphatic heterocycles. The van der Waals surface area contributed by atoms with Crippen LogP contribution in [0.4, 0.5) is 0 Å². The van der Waals surface area contributed by atoms with Gasteiger partial charge in [0.2, 0.25) is 0 Å². The fourth-order valence-corrected chi connectivity index (χ4v) is 2.45. The lowest BCUT2D eigenvalue weighted by Crippen LogP contribution is -2.12. The highest BCUT2D eigenvalue weighted by molar-refractivity contribution is 9.10. The first kappa shape index (κ1) is 15.8. The van der Waals surface area contributed by atoms with Gasteiger partial charge in [-0.2, -0.15) is 0 Å². The predicted octanol–water partition coefficient (Wildman–Crippen LogP) is 5.14. The molecule has 2 rings (SSSR count). The maximum absolute atomic E-state index is 12.1. The Morgan fingerprint density at radius 1 is 1.14 bits per heavy atom. The minimum atomic E-state index is -0.00683. The molecule has 2 aromatic rings. The number of carbonyl (C=O) groups is 1. The molecule has 0 spiro atoms. The van der Waals surface area contributed by atoms with Gasteiger partial charge in [-0.3, -0.25) is 4.79 Å². The molecule has 0 N–H and O–H groups in total. The van der Waals surface area contributed by atoms with Crippen molar-refractivity contribution in [3.8, 4) is 5.75 Å². The standard InChI is InChI=1S/C18H19BrO2/c1-12(2)16-10-15(19)8-9-18(16)21-11-17(20)14-6-4-13(3)5-7-14/h4-10,12H,11H2,1-3H3. The van der Waals surface area contributed by atoms with Crippen LogP contribution in [-0.2, 0) is 0 Å². The Morgan fingerprint density at radius 2 is 1.81 bits per heavy atom. The maximum atomic E-state index is 12.1. The highest BCUT2D eigenvalue weighted by Crippen LogP contribution is 2.29. The number of benzene rings is 2. The van der Waals surface area contributed by atoms with E-state index in [1.54, 1.807) is 0 Å². The van der Waals surface area contributed by atoms with Gasteiger partial charge in [0.05, 0.1) is 0 Å². The van der Waals surface area contributed by atoms with Gasteiger partial charge in [-0.1, -0.05) is 59.6 Å². The summed E-state index contributed by atoms with van der Waals surface area (Å²) < 4.78 is 6.75. The van der Waals surface area contributed by atoms with Gasteiger partial charge in [0.25, 0.3) is 0 Å². The average Bonchev–Trinajstić information content (AvgIpc) is 2.46. The molecule has 2 nitrogen and oxygen atoms in total. The highest BCUT2D eigenvalue weighted by atomic mass is 79.9. The van der Waals surface area contributed by atoms with Crippen molar-refractivity contribution >= 4 is 21.7 Å². The van der Waals surface area contributed by atoms with Crippen molar-refractivity contribution in [3.05, 3.63) is 63.6 Å². The number of rotatable bonds is 5. The van der Waals surface area contributed by atoms with Gasteiger partial charge in [-0.05, 0) is 36.6 Å². The van der Waals surface area contributed by atoms with E-state index in [2.05, 4.69) is 29.8 Å². The number of ether oxygens (including phenoxy) is 1. The van der Waals surface area contributed by atoms with E-state index >= 15 is 0 Å². The molecule has 21 heavy (non-hydrogen) atoms. The van der Waals surface area contributed by atoms with E-state index in [-0.39, 0.29) is 12.4 Å². The topological polar surface area (TPSA) is 26.3 Å². The van der Waals surface area contributed by atoms with Crippen molar-refractivity contribution in [2.75, 3.05) is 6.61 Å². The van der Waals surface area contributed by atoms with E-state index in [9.17, 15) is 4.79 Å². The molecule has 0 heterocycles. The summed E-state index contributed by atoms with van der Waals surface area (Å²) in [7, 11) is 0. The van der Waals surface area contributed by atoms with Crippen LogP contribution in [0.3, 0.4) is 0 Å².